The van der Waals surface area contributed by atoms with Crippen LogP contribution in [0.4, 0.5) is 5.82 Å². The first-order chi connectivity index (χ1) is 14.0. The zero-order valence-electron chi connectivity index (χ0n) is 16.3. The van der Waals surface area contributed by atoms with Gasteiger partial charge in [-0.25, -0.2) is 9.97 Å². The van der Waals surface area contributed by atoms with Crippen LogP contribution in [0.1, 0.15) is 36.2 Å². The maximum absolute atomic E-state index is 13.0. The Morgan fingerprint density at radius 1 is 1.14 bits per heavy atom. The van der Waals surface area contributed by atoms with Gasteiger partial charge >= 0.3 is 0 Å². The van der Waals surface area contributed by atoms with Crippen LogP contribution in [0.3, 0.4) is 0 Å². The molecule has 0 saturated heterocycles. The Balaban J connectivity index is 1.94. The highest BCUT2D eigenvalue weighted by molar-refractivity contribution is 6.31. The van der Waals surface area contributed by atoms with E-state index in [0.717, 1.165) is 17.5 Å². The molecule has 0 aliphatic carbocycles. The third-order valence-electron chi connectivity index (χ3n) is 5.09. The molecule has 4 rings (SSSR count). The molecule has 3 N–H and O–H groups in total. The van der Waals surface area contributed by atoms with Crippen LogP contribution in [0.15, 0.2) is 48.5 Å². The Hall–Kier alpha value is -3.12. The van der Waals surface area contributed by atoms with Crippen molar-refractivity contribution in [2.24, 2.45) is 0 Å². The minimum absolute atomic E-state index is 0.0253. The fourth-order valence-electron chi connectivity index (χ4n) is 3.30. The highest BCUT2D eigenvalue weighted by Crippen LogP contribution is 2.30. The van der Waals surface area contributed by atoms with Crippen LogP contribution in [0.25, 0.3) is 22.2 Å². The maximum Gasteiger partial charge on any atom is 0.257 e. The van der Waals surface area contributed by atoms with E-state index in [9.17, 15) is 4.79 Å². The lowest BCUT2D eigenvalue weighted by Crippen LogP contribution is -2.32. The van der Waals surface area contributed by atoms with Gasteiger partial charge in [0.2, 0.25) is 0 Å². The molecule has 4 aromatic rings. The van der Waals surface area contributed by atoms with Gasteiger partial charge in [0.15, 0.2) is 5.65 Å². The number of aromatic nitrogens is 3. The predicted octanol–water partition coefficient (Wildman–Crippen LogP) is 4.40. The molecule has 1 atom stereocenters. The second-order valence-electron chi connectivity index (χ2n) is 7.11. The molecule has 0 spiro atoms. The first kappa shape index (κ1) is 19.2. The minimum Gasteiger partial charge on any atom is -0.384 e. The molecule has 0 fully saturated rings. The molecule has 2 aromatic heterocycles. The number of nitrogens with two attached hydrogens (primary N) is 1. The highest BCUT2D eigenvalue weighted by atomic mass is 35.5. The molecule has 0 aliphatic rings. The van der Waals surface area contributed by atoms with Gasteiger partial charge in [0.25, 0.3) is 5.91 Å². The standard InChI is InChI=1S/C22H22ClN5O/c1-3-13(2)25-22(29)18-19-21(27-17-11-7-6-10-16(17)26-19)28(20(18)24)12-14-8-4-5-9-15(14)23/h4-11,13H,3,12,24H2,1-2H3,(H,25,29)/t13-/m1/s1. The molecule has 6 nitrogen and oxygen atoms in total. The molecule has 0 saturated carbocycles. The molecular formula is C22H22ClN5O. The summed E-state index contributed by atoms with van der Waals surface area (Å²) in [5.74, 6) is 0.0837. The molecule has 148 valence electrons. The molecule has 2 heterocycles. The summed E-state index contributed by atoms with van der Waals surface area (Å²) in [4.78, 5) is 22.5. The molecule has 1 amide bonds. The number of nitrogens with zero attached hydrogens (tertiary/aromatic N) is 3. The summed E-state index contributed by atoms with van der Waals surface area (Å²) in [7, 11) is 0. The third-order valence-corrected chi connectivity index (χ3v) is 5.46. The number of carbonyl (C=O) groups excluding carboxylic acids is 1. The van der Waals surface area contributed by atoms with Crippen molar-refractivity contribution in [2.75, 3.05) is 5.73 Å². The Kier molecular flexibility index (Phi) is 5.11. The van der Waals surface area contributed by atoms with Gasteiger partial charge in [-0.3, -0.25) is 4.79 Å². The Morgan fingerprint density at radius 3 is 2.48 bits per heavy atom. The molecule has 0 unspecified atom stereocenters. The molecule has 29 heavy (non-hydrogen) atoms. The predicted molar refractivity (Wildman–Crippen MR) is 117 cm³/mol. The largest absolute Gasteiger partial charge is 0.384 e. The van der Waals surface area contributed by atoms with Gasteiger partial charge in [-0.05, 0) is 37.1 Å². The quantitative estimate of drug-likeness (QED) is 0.513. The maximum atomic E-state index is 13.0. The van der Waals surface area contributed by atoms with E-state index in [1.54, 1.807) is 0 Å². The number of para-hydroxylation sites is 2. The van der Waals surface area contributed by atoms with Crippen LogP contribution in [-0.2, 0) is 6.54 Å². The summed E-state index contributed by atoms with van der Waals surface area (Å²) >= 11 is 6.36. The SMILES string of the molecule is CC[C@@H](C)NC(=O)c1c(N)n(Cc2ccccc2Cl)c2nc3ccccc3nc12. The Morgan fingerprint density at radius 2 is 1.79 bits per heavy atom. The number of benzene rings is 2. The van der Waals surface area contributed by atoms with E-state index in [1.165, 1.54) is 0 Å². The number of hydrogen-bond donors (Lipinski definition) is 2. The van der Waals surface area contributed by atoms with E-state index in [0.29, 0.717) is 39.6 Å². The van der Waals surface area contributed by atoms with Crippen LogP contribution in [0.5, 0.6) is 0 Å². The number of nitrogen functional groups attached to an aromatic ring is 1. The summed E-state index contributed by atoms with van der Waals surface area (Å²) in [5, 5.41) is 3.62. The number of carbonyl (C=O) groups is 1. The van der Waals surface area contributed by atoms with Crippen molar-refractivity contribution in [2.45, 2.75) is 32.9 Å². The highest BCUT2D eigenvalue weighted by Gasteiger charge is 2.25. The van der Waals surface area contributed by atoms with Gasteiger partial charge in [0, 0.05) is 11.1 Å². The van der Waals surface area contributed by atoms with E-state index in [4.69, 9.17) is 27.3 Å². The zero-order chi connectivity index (χ0) is 20.5. The lowest BCUT2D eigenvalue weighted by molar-refractivity contribution is 0.0941. The molecule has 0 aliphatic heterocycles. The van der Waals surface area contributed by atoms with Gasteiger partial charge in [-0.2, -0.15) is 0 Å². The summed E-state index contributed by atoms with van der Waals surface area (Å²) in [6.07, 6.45) is 0.818. The second kappa shape index (κ2) is 7.72. The van der Waals surface area contributed by atoms with Crippen LogP contribution >= 0.6 is 11.6 Å². The summed E-state index contributed by atoms with van der Waals surface area (Å²) < 4.78 is 1.81. The number of amides is 1. The number of halogens is 1. The first-order valence-corrected chi connectivity index (χ1v) is 9.96. The third kappa shape index (κ3) is 3.51. The van der Waals surface area contributed by atoms with Crippen LogP contribution in [-0.4, -0.2) is 26.5 Å². The van der Waals surface area contributed by atoms with Crippen molar-refractivity contribution < 1.29 is 4.79 Å². The zero-order valence-corrected chi connectivity index (χ0v) is 17.1. The summed E-state index contributed by atoms with van der Waals surface area (Å²) in [5.41, 5.74) is 10.2. The first-order valence-electron chi connectivity index (χ1n) is 9.58. The van der Waals surface area contributed by atoms with Gasteiger partial charge in [0.1, 0.15) is 16.9 Å². The molecule has 2 aromatic carbocycles. The minimum atomic E-state index is -0.246. The van der Waals surface area contributed by atoms with E-state index in [-0.39, 0.29) is 11.9 Å². The Bertz CT molecular complexity index is 1220. The van der Waals surface area contributed by atoms with E-state index < -0.39 is 0 Å². The molecule has 0 radical (unpaired) electrons. The topological polar surface area (TPSA) is 85.8 Å². The monoisotopic (exact) mass is 407 g/mol. The summed E-state index contributed by atoms with van der Waals surface area (Å²) in [6.45, 7) is 4.37. The van der Waals surface area contributed by atoms with Gasteiger partial charge in [0.05, 0.1) is 17.6 Å². The van der Waals surface area contributed by atoms with E-state index in [2.05, 4.69) is 5.32 Å². The molecular weight excluding hydrogens is 386 g/mol. The van der Waals surface area contributed by atoms with Crippen LogP contribution in [0.2, 0.25) is 5.02 Å². The number of fused-ring (bicyclic) bond motifs is 2. The Labute approximate surface area is 173 Å². The van der Waals surface area contributed by atoms with Gasteiger partial charge in [-0.1, -0.05) is 48.9 Å². The number of hydrogen-bond acceptors (Lipinski definition) is 4. The van der Waals surface area contributed by atoms with Crippen LogP contribution < -0.4 is 11.1 Å². The van der Waals surface area contributed by atoms with E-state index in [1.807, 2.05) is 66.9 Å². The van der Waals surface area contributed by atoms with Crippen molar-refractivity contribution in [1.29, 1.82) is 0 Å². The lowest BCUT2D eigenvalue weighted by atomic mass is 10.2. The van der Waals surface area contributed by atoms with Gasteiger partial charge in [-0.15, -0.1) is 0 Å². The van der Waals surface area contributed by atoms with Crippen molar-refractivity contribution in [3.05, 3.63) is 64.7 Å². The van der Waals surface area contributed by atoms with Crippen molar-refractivity contribution in [3.63, 3.8) is 0 Å². The number of anilines is 1. The normalized spacial score (nSPS) is 12.4. The fraction of sp³-hybridized carbons (Fsp3) is 0.227. The van der Waals surface area contributed by atoms with Gasteiger partial charge < -0.3 is 15.6 Å². The average Bonchev–Trinajstić information content (AvgIpc) is 2.98. The van der Waals surface area contributed by atoms with Crippen LogP contribution in [0, 0.1) is 0 Å². The smallest absolute Gasteiger partial charge is 0.257 e. The average molecular weight is 408 g/mol. The fourth-order valence-corrected chi connectivity index (χ4v) is 3.49. The second-order valence-corrected chi connectivity index (χ2v) is 7.51. The molecule has 7 heteroatoms. The summed E-state index contributed by atoms with van der Waals surface area (Å²) in [6, 6.07) is 15.1. The van der Waals surface area contributed by atoms with Crippen molar-refractivity contribution in [1.82, 2.24) is 19.9 Å². The van der Waals surface area contributed by atoms with E-state index >= 15 is 0 Å². The van der Waals surface area contributed by atoms with Crippen molar-refractivity contribution >= 4 is 45.5 Å². The molecule has 0 bridgehead atoms. The van der Waals surface area contributed by atoms with Crippen molar-refractivity contribution in [3.8, 4) is 0 Å². The number of nitrogens with one attached hydrogen (secondary N) is 1. The lowest BCUT2D eigenvalue weighted by Gasteiger charge is -2.12. The number of rotatable bonds is 5.